The molecule has 0 fully saturated rings. The van der Waals surface area contributed by atoms with Gasteiger partial charge in [-0.15, -0.1) is 0 Å². The molecule has 0 radical (unpaired) electrons. The molecule has 0 bridgehead atoms. The third-order valence-corrected chi connectivity index (χ3v) is 5.24. The monoisotopic (exact) mass is 324 g/mol. The summed E-state index contributed by atoms with van der Waals surface area (Å²) in [6.07, 6.45) is 5.62. The standard InChI is InChI=1S/C18H29O3P/c1-4-7-8-10-15-18(17-13-11-9-12-14-17)16-22(19,20-5-2)21-6-3/h9,11-14,16H,4-8,10,15H2,1-3H3/b18-16-. The van der Waals surface area contributed by atoms with Crippen molar-refractivity contribution in [1.29, 1.82) is 0 Å². The first-order valence-corrected chi connectivity index (χ1v) is 9.92. The maximum Gasteiger partial charge on any atom is 0.354 e. The maximum absolute atomic E-state index is 12.8. The van der Waals surface area contributed by atoms with E-state index in [9.17, 15) is 4.57 Å². The van der Waals surface area contributed by atoms with Gasteiger partial charge in [0.2, 0.25) is 0 Å². The van der Waals surface area contributed by atoms with Crippen molar-refractivity contribution in [3.8, 4) is 0 Å². The van der Waals surface area contributed by atoms with Crippen LogP contribution in [0.5, 0.6) is 0 Å². The average molecular weight is 324 g/mol. The number of benzene rings is 1. The highest BCUT2D eigenvalue weighted by Gasteiger charge is 2.21. The van der Waals surface area contributed by atoms with Gasteiger partial charge in [-0.25, -0.2) is 0 Å². The van der Waals surface area contributed by atoms with Gasteiger partial charge in [-0.2, -0.15) is 0 Å². The van der Waals surface area contributed by atoms with Crippen LogP contribution in [0.2, 0.25) is 0 Å². The van der Waals surface area contributed by atoms with Crippen LogP contribution in [0.4, 0.5) is 0 Å². The molecule has 1 aromatic rings. The van der Waals surface area contributed by atoms with Gasteiger partial charge in [-0.1, -0.05) is 56.5 Å². The van der Waals surface area contributed by atoms with E-state index < -0.39 is 7.60 Å². The van der Waals surface area contributed by atoms with Crippen LogP contribution in [0.1, 0.15) is 58.4 Å². The van der Waals surface area contributed by atoms with Gasteiger partial charge < -0.3 is 9.05 Å². The van der Waals surface area contributed by atoms with Crippen molar-refractivity contribution in [2.75, 3.05) is 13.2 Å². The zero-order valence-electron chi connectivity index (χ0n) is 14.1. The Hall–Kier alpha value is -0.890. The Morgan fingerprint density at radius 2 is 1.64 bits per heavy atom. The molecule has 0 N–H and O–H groups in total. The third kappa shape index (κ3) is 6.91. The molecule has 0 heterocycles. The first-order chi connectivity index (χ1) is 10.6. The molecule has 3 nitrogen and oxygen atoms in total. The summed E-state index contributed by atoms with van der Waals surface area (Å²) in [6, 6.07) is 10.1. The highest BCUT2D eigenvalue weighted by molar-refractivity contribution is 7.57. The molecule has 0 spiro atoms. The second kappa shape index (κ2) is 10.8. The number of allylic oxidation sites excluding steroid dienone is 1. The molecular weight excluding hydrogens is 295 g/mol. The van der Waals surface area contributed by atoms with Crippen LogP contribution in [-0.2, 0) is 13.6 Å². The fourth-order valence-corrected chi connectivity index (χ4v) is 3.94. The summed E-state index contributed by atoms with van der Waals surface area (Å²) in [5.41, 5.74) is 2.15. The van der Waals surface area contributed by atoms with Gasteiger partial charge in [-0.3, -0.25) is 4.57 Å². The molecule has 124 valence electrons. The number of hydrogen-bond donors (Lipinski definition) is 0. The van der Waals surface area contributed by atoms with E-state index in [0.717, 1.165) is 24.0 Å². The predicted octanol–water partition coefficient (Wildman–Crippen LogP) is 6.26. The molecule has 4 heteroatoms. The average Bonchev–Trinajstić information content (AvgIpc) is 2.52. The van der Waals surface area contributed by atoms with Gasteiger partial charge in [0.15, 0.2) is 0 Å². The summed E-state index contributed by atoms with van der Waals surface area (Å²) < 4.78 is 23.6. The van der Waals surface area contributed by atoms with E-state index in [0.29, 0.717) is 13.2 Å². The molecule has 0 unspecified atom stereocenters. The molecule has 22 heavy (non-hydrogen) atoms. The first-order valence-electron chi connectivity index (χ1n) is 8.31. The lowest BCUT2D eigenvalue weighted by Crippen LogP contribution is -1.95. The fourth-order valence-electron chi connectivity index (χ4n) is 2.34. The summed E-state index contributed by atoms with van der Waals surface area (Å²) in [5.74, 6) is 1.72. The normalized spacial score (nSPS) is 12.6. The van der Waals surface area contributed by atoms with Gasteiger partial charge in [0, 0.05) is 5.82 Å². The number of rotatable bonds is 11. The van der Waals surface area contributed by atoms with Crippen LogP contribution in [0.25, 0.3) is 5.57 Å². The molecule has 0 atom stereocenters. The Bertz CT molecular complexity index is 472. The zero-order chi connectivity index (χ0) is 16.3. The lowest BCUT2D eigenvalue weighted by Gasteiger charge is -2.16. The molecule has 1 aromatic carbocycles. The summed E-state index contributed by atoms with van der Waals surface area (Å²) in [6.45, 7) is 6.63. The summed E-state index contributed by atoms with van der Waals surface area (Å²) >= 11 is 0. The van der Waals surface area contributed by atoms with Crippen molar-refractivity contribution in [3.05, 3.63) is 41.7 Å². The quantitative estimate of drug-likeness (QED) is 0.356. The van der Waals surface area contributed by atoms with Crippen molar-refractivity contribution in [2.24, 2.45) is 0 Å². The minimum Gasteiger partial charge on any atom is -0.306 e. The van der Waals surface area contributed by atoms with Crippen molar-refractivity contribution < 1.29 is 13.6 Å². The fraction of sp³-hybridized carbons (Fsp3) is 0.556. The van der Waals surface area contributed by atoms with Gasteiger partial charge >= 0.3 is 7.60 Å². The lowest BCUT2D eigenvalue weighted by molar-refractivity contribution is 0.229. The van der Waals surface area contributed by atoms with E-state index in [1.54, 1.807) is 5.82 Å². The van der Waals surface area contributed by atoms with Gasteiger partial charge in [0.1, 0.15) is 0 Å². The SMILES string of the molecule is CCCCCC/C(=C/P(=O)(OCC)OCC)c1ccccc1. The molecular formula is C18H29O3P. The van der Waals surface area contributed by atoms with Crippen LogP contribution in [0.15, 0.2) is 36.1 Å². The van der Waals surface area contributed by atoms with Crippen molar-refractivity contribution >= 4 is 13.2 Å². The van der Waals surface area contributed by atoms with E-state index in [1.165, 1.54) is 19.3 Å². The van der Waals surface area contributed by atoms with E-state index in [2.05, 4.69) is 6.92 Å². The van der Waals surface area contributed by atoms with Crippen LogP contribution in [0, 0.1) is 0 Å². The van der Waals surface area contributed by atoms with Crippen molar-refractivity contribution in [3.63, 3.8) is 0 Å². The number of unbranched alkanes of at least 4 members (excludes halogenated alkanes) is 3. The third-order valence-electron chi connectivity index (χ3n) is 3.38. The van der Waals surface area contributed by atoms with Crippen LogP contribution in [-0.4, -0.2) is 13.2 Å². The Morgan fingerprint density at radius 1 is 1.00 bits per heavy atom. The van der Waals surface area contributed by atoms with Gasteiger partial charge in [0.05, 0.1) is 13.2 Å². The lowest BCUT2D eigenvalue weighted by atomic mass is 10.0. The van der Waals surface area contributed by atoms with Crippen molar-refractivity contribution in [1.82, 2.24) is 0 Å². The molecule has 0 saturated heterocycles. The molecule has 0 saturated carbocycles. The second-order valence-electron chi connectivity index (χ2n) is 5.21. The molecule has 0 aromatic heterocycles. The Morgan fingerprint density at radius 3 is 2.18 bits per heavy atom. The largest absolute Gasteiger partial charge is 0.354 e. The summed E-state index contributed by atoms with van der Waals surface area (Å²) in [5, 5.41) is 0. The van der Waals surface area contributed by atoms with Crippen LogP contribution in [0.3, 0.4) is 0 Å². The smallest absolute Gasteiger partial charge is 0.306 e. The van der Waals surface area contributed by atoms with Crippen LogP contribution >= 0.6 is 7.60 Å². The molecule has 1 rings (SSSR count). The van der Waals surface area contributed by atoms with Crippen LogP contribution < -0.4 is 0 Å². The van der Waals surface area contributed by atoms with E-state index in [-0.39, 0.29) is 0 Å². The maximum atomic E-state index is 12.8. The predicted molar refractivity (Wildman–Crippen MR) is 94.0 cm³/mol. The van der Waals surface area contributed by atoms with Gasteiger partial charge in [0.25, 0.3) is 0 Å². The molecule has 0 aliphatic rings. The van der Waals surface area contributed by atoms with Crippen molar-refractivity contribution in [2.45, 2.75) is 52.9 Å². The summed E-state index contributed by atoms with van der Waals surface area (Å²) in [4.78, 5) is 0. The van der Waals surface area contributed by atoms with E-state index in [4.69, 9.17) is 9.05 Å². The minimum absolute atomic E-state index is 0.381. The molecule has 0 aliphatic heterocycles. The Balaban J connectivity index is 2.96. The molecule has 0 amide bonds. The highest BCUT2D eigenvalue weighted by Crippen LogP contribution is 2.52. The molecule has 0 aliphatic carbocycles. The highest BCUT2D eigenvalue weighted by atomic mass is 31.2. The van der Waals surface area contributed by atoms with Gasteiger partial charge in [-0.05, 0) is 37.8 Å². The number of hydrogen-bond acceptors (Lipinski definition) is 3. The zero-order valence-corrected chi connectivity index (χ0v) is 15.0. The Labute approximate surface area is 135 Å². The van der Waals surface area contributed by atoms with E-state index >= 15 is 0 Å². The Kier molecular flexibility index (Phi) is 9.38. The first kappa shape index (κ1) is 19.2. The second-order valence-corrected chi connectivity index (χ2v) is 7.06. The van der Waals surface area contributed by atoms with E-state index in [1.807, 2.05) is 44.2 Å². The summed E-state index contributed by atoms with van der Waals surface area (Å²) in [7, 11) is -3.16. The minimum atomic E-state index is -3.16. The topological polar surface area (TPSA) is 35.5 Å².